The van der Waals surface area contributed by atoms with Crippen molar-refractivity contribution in [3.63, 3.8) is 0 Å². The summed E-state index contributed by atoms with van der Waals surface area (Å²) in [4.78, 5) is 0. The smallest absolute Gasteiger partial charge is 0.107 e. The molecule has 0 aliphatic heterocycles. The van der Waals surface area contributed by atoms with Crippen LogP contribution in [0.15, 0.2) is 0 Å². The molecule has 0 fully saturated rings. The zero-order valence-corrected chi connectivity index (χ0v) is 17.0. The molecule has 3 heteroatoms. The summed E-state index contributed by atoms with van der Waals surface area (Å²) in [5, 5.41) is 13.1. The molecule has 0 aromatic heterocycles. The van der Waals surface area contributed by atoms with Crippen molar-refractivity contribution in [1.29, 1.82) is 0 Å². The number of ether oxygens (including phenoxy) is 1. The van der Waals surface area contributed by atoms with Gasteiger partial charge in [-0.05, 0) is 42.9 Å². The summed E-state index contributed by atoms with van der Waals surface area (Å²) in [7, 11) is 0. The van der Waals surface area contributed by atoms with E-state index in [2.05, 4.69) is 46.9 Å². The number of hydrogen-bond donors (Lipinski definition) is 2. The minimum atomic E-state index is -0.425. The number of nitrogens with one attached hydrogen (secondary N) is 1. The highest BCUT2D eigenvalue weighted by molar-refractivity contribution is 4.81. The Morgan fingerprint density at radius 3 is 1.91 bits per heavy atom. The highest BCUT2D eigenvalue weighted by Gasteiger charge is 2.30. The first-order valence-electron chi connectivity index (χ1n) is 9.71. The lowest BCUT2D eigenvalue weighted by atomic mass is 9.74. The van der Waals surface area contributed by atoms with Gasteiger partial charge in [0.05, 0.1) is 5.60 Å². The molecule has 0 bridgehead atoms. The van der Waals surface area contributed by atoms with Gasteiger partial charge in [0.1, 0.15) is 6.23 Å². The van der Waals surface area contributed by atoms with E-state index in [1.807, 2.05) is 13.8 Å². The van der Waals surface area contributed by atoms with Crippen LogP contribution >= 0.6 is 0 Å². The van der Waals surface area contributed by atoms with Crippen molar-refractivity contribution in [2.75, 3.05) is 13.2 Å². The zero-order chi connectivity index (χ0) is 18.1. The molecule has 0 aromatic rings. The quantitative estimate of drug-likeness (QED) is 0.468. The molecular weight excluding hydrogens is 286 g/mol. The summed E-state index contributed by atoms with van der Waals surface area (Å²) in [6.45, 7) is 19.4. The first-order chi connectivity index (χ1) is 10.7. The van der Waals surface area contributed by atoms with Gasteiger partial charge >= 0.3 is 0 Å². The molecule has 2 atom stereocenters. The van der Waals surface area contributed by atoms with Gasteiger partial charge in [0.2, 0.25) is 0 Å². The van der Waals surface area contributed by atoms with Crippen LogP contribution in [-0.2, 0) is 4.74 Å². The second-order valence-corrected chi connectivity index (χ2v) is 8.04. The Labute approximate surface area is 145 Å². The molecule has 3 nitrogen and oxygen atoms in total. The van der Waals surface area contributed by atoms with Crippen molar-refractivity contribution < 1.29 is 9.84 Å². The third-order valence-electron chi connectivity index (χ3n) is 6.14. The average Bonchev–Trinajstić information content (AvgIpc) is 2.52. The van der Waals surface area contributed by atoms with E-state index in [0.29, 0.717) is 11.3 Å². The molecule has 2 N–H and O–H groups in total. The molecule has 0 saturated heterocycles. The Morgan fingerprint density at radius 1 is 0.957 bits per heavy atom. The van der Waals surface area contributed by atoms with Gasteiger partial charge in [0.25, 0.3) is 0 Å². The largest absolute Gasteiger partial charge is 0.378 e. The van der Waals surface area contributed by atoms with Crippen LogP contribution in [0.1, 0.15) is 87.5 Å². The minimum absolute atomic E-state index is 0.0602. The standard InChI is InChI=1S/C20H43NO2/c1-9-19(8,17(6)7)13-15-23-20(10-2,11-3)12-14-21-18(22)16(4)5/h16-18,21-22H,9-15H2,1-8H3. The first-order valence-corrected chi connectivity index (χ1v) is 9.71. The summed E-state index contributed by atoms with van der Waals surface area (Å²) in [6.07, 6.45) is 4.88. The second kappa shape index (κ2) is 10.7. The summed E-state index contributed by atoms with van der Waals surface area (Å²) in [5.41, 5.74) is 0.300. The van der Waals surface area contributed by atoms with E-state index in [0.717, 1.165) is 38.8 Å². The van der Waals surface area contributed by atoms with E-state index in [9.17, 15) is 5.11 Å². The van der Waals surface area contributed by atoms with Crippen molar-refractivity contribution in [2.24, 2.45) is 17.3 Å². The fourth-order valence-corrected chi connectivity index (χ4v) is 2.94. The van der Waals surface area contributed by atoms with Gasteiger partial charge in [-0.15, -0.1) is 0 Å². The van der Waals surface area contributed by atoms with Crippen LogP contribution in [0, 0.1) is 17.3 Å². The lowest BCUT2D eigenvalue weighted by Gasteiger charge is -2.37. The maximum Gasteiger partial charge on any atom is 0.107 e. The third kappa shape index (κ3) is 7.53. The van der Waals surface area contributed by atoms with Crippen LogP contribution in [0.2, 0.25) is 0 Å². The predicted molar refractivity (Wildman–Crippen MR) is 101 cm³/mol. The van der Waals surface area contributed by atoms with E-state index >= 15 is 0 Å². The van der Waals surface area contributed by atoms with E-state index < -0.39 is 6.23 Å². The van der Waals surface area contributed by atoms with E-state index in [1.165, 1.54) is 6.42 Å². The second-order valence-electron chi connectivity index (χ2n) is 8.04. The van der Waals surface area contributed by atoms with Crippen LogP contribution < -0.4 is 5.32 Å². The molecule has 2 unspecified atom stereocenters. The molecule has 0 aliphatic rings. The highest BCUT2D eigenvalue weighted by Crippen LogP contribution is 2.35. The highest BCUT2D eigenvalue weighted by atomic mass is 16.5. The van der Waals surface area contributed by atoms with Crippen molar-refractivity contribution in [3.05, 3.63) is 0 Å². The Morgan fingerprint density at radius 2 is 1.52 bits per heavy atom. The van der Waals surface area contributed by atoms with Crippen molar-refractivity contribution in [1.82, 2.24) is 5.32 Å². The van der Waals surface area contributed by atoms with Gasteiger partial charge in [-0.1, -0.05) is 61.8 Å². The molecule has 0 aliphatic carbocycles. The van der Waals surface area contributed by atoms with E-state index in [4.69, 9.17) is 4.74 Å². The summed E-state index contributed by atoms with van der Waals surface area (Å²) in [6, 6.07) is 0. The normalized spacial score (nSPS) is 16.8. The number of aliphatic hydroxyl groups is 1. The Bertz CT molecular complexity index is 300. The summed E-state index contributed by atoms with van der Waals surface area (Å²) < 4.78 is 6.40. The fourth-order valence-electron chi connectivity index (χ4n) is 2.94. The van der Waals surface area contributed by atoms with Crippen LogP contribution in [0.4, 0.5) is 0 Å². The lowest BCUT2D eigenvalue weighted by Crippen LogP contribution is -2.40. The molecule has 0 saturated carbocycles. The maximum atomic E-state index is 9.89. The van der Waals surface area contributed by atoms with Crippen LogP contribution in [-0.4, -0.2) is 30.1 Å². The molecule has 140 valence electrons. The van der Waals surface area contributed by atoms with Gasteiger partial charge in [-0.25, -0.2) is 0 Å². The van der Waals surface area contributed by atoms with Gasteiger partial charge in [0.15, 0.2) is 0 Å². The molecule has 0 aromatic carbocycles. The number of aliphatic hydroxyl groups excluding tert-OH is 1. The van der Waals surface area contributed by atoms with Crippen molar-refractivity contribution in [2.45, 2.75) is 99.3 Å². The topological polar surface area (TPSA) is 41.5 Å². The Kier molecular flexibility index (Phi) is 10.6. The van der Waals surface area contributed by atoms with Gasteiger partial charge in [-0.2, -0.15) is 0 Å². The van der Waals surface area contributed by atoms with Crippen LogP contribution in [0.5, 0.6) is 0 Å². The van der Waals surface area contributed by atoms with E-state index in [-0.39, 0.29) is 11.5 Å². The van der Waals surface area contributed by atoms with Crippen molar-refractivity contribution in [3.8, 4) is 0 Å². The summed E-state index contributed by atoms with van der Waals surface area (Å²) in [5.74, 6) is 0.918. The maximum absolute atomic E-state index is 9.89. The van der Waals surface area contributed by atoms with Gasteiger partial charge < -0.3 is 9.84 Å². The fraction of sp³-hybridized carbons (Fsp3) is 1.00. The molecule has 0 spiro atoms. The third-order valence-corrected chi connectivity index (χ3v) is 6.14. The molecule has 23 heavy (non-hydrogen) atoms. The summed E-state index contributed by atoms with van der Waals surface area (Å²) >= 11 is 0. The molecule has 0 amide bonds. The molecule has 0 radical (unpaired) electrons. The van der Waals surface area contributed by atoms with Gasteiger partial charge in [-0.3, -0.25) is 5.32 Å². The molecule has 0 rings (SSSR count). The first kappa shape index (κ1) is 22.9. The molecular formula is C20H43NO2. The number of rotatable bonds is 13. The Balaban J connectivity index is 4.48. The van der Waals surface area contributed by atoms with Crippen LogP contribution in [0.25, 0.3) is 0 Å². The minimum Gasteiger partial charge on any atom is -0.378 e. The SMILES string of the molecule is CCC(CC)(CCNC(O)C(C)C)OCCC(C)(CC)C(C)C. The predicted octanol–water partition coefficient (Wildman–Crippen LogP) is 4.98. The average molecular weight is 330 g/mol. The zero-order valence-electron chi connectivity index (χ0n) is 17.0. The lowest BCUT2D eigenvalue weighted by molar-refractivity contribution is -0.0718. The van der Waals surface area contributed by atoms with E-state index in [1.54, 1.807) is 0 Å². The van der Waals surface area contributed by atoms with Crippen molar-refractivity contribution >= 4 is 0 Å². The number of hydrogen-bond acceptors (Lipinski definition) is 3. The molecule has 0 heterocycles. The van der Waals surface area contributed by atoms with Crippen LogP contribution in [0.3, 0.4) is 0 Å². The monoisotopic (exact) mass is 329 g/mol. The Hall–Kier alpha value is -0.120. The van der Waals surface area contributed by atoms with Gasteiger partial charge in [0, 0.05) is 13.2 Å².